The lowest BCUT2D eigenvalue weighted by Gasteiger charge is -2.25. The molecule has 0 amide bonds. The van der Waals surface area contributed by atoms with Gasteiger partial charge in [-0.25, -0.2) is 22.0 Å². The van der Waals surface area contributed by atoms with Gasteiger partial charge in [0.2, 0.25) is 0 Å². The van der Waals surface area contributed by atoms with Gasteiger partial charge in [0.05, 0.1) is 0 Å². The van der Waals surface area contributed by atoms with Crippen molar-refractivity contribution in [2.75, 3.05) is 0 Å². The molecule has 11 heteroatoms. The number of alkyl halides is 6. The molecule has 1 aliphatic rings. The van der Waals surface area contributed by atoms with Gasteiger partial charge in [-0.1, -0.05) is 30.0 Å². The lowest BCUT2D eigenvalue weighted by molar-refractivity contribution is -0.189. The van der Waals surface area contributed by atoms with E-state index in [1.807, 2.05) is 12.1 Å². The first-order chi connectivity index (χ1) is 20.2. The Labute approximate surface area is 239 Å². The molecule has 0 aliphatic heterocycles. The van der Waals surface area contributed by atoms with E-state index in [9.17, 15) is 43.9 Å². The van der Waals surface area contributed by atoms with Gasteiger partial charge in [-0.3, -0.25) is 0 Å². The number of hydrogen-bond acceptors (Lipinski definition) is 1. The molecule has 3 aromatic rings. The van der Waals surface area contributed by atoms with Gasteiger partial charge in [-0.05, 0) is 72.5 Å². The van der Waals surface area contributed by atoms with Crippen LogP contribution in [0.5, 0.6) is 5.75 Å². The normalized spacial score (nSPS) is 17.0. The molecule has 1 nitrogen and oxygen atoms in total. The van der Waals surface area contributed by atoms with Gasteiger partial charge in [0, 0.05) is 22.8 Å². The van der Waals surface area contributed by atoms with Crippen molar-refractivity contribution < 1.29 is 48.6 Å². The van der Waals surface area contributed by atoms with Gasteiger partial charge >= 0.3 is 12.3 Å². The first-order valence-corrected chi connectivity index (χ1v) is 12.6. The molecular weight excluding hydrogens is 590 g/mol. The van der Waals surface area contributed by atoms with Crippen molar-refractivity contribution in [3.8, 4) is 17.6 Å². The average Bonchev–Trinajstić information content (AvgIpc) is 2.89. The fourth-order valence-corrected chi connectivity index (χ4v) is 4.29. The van der Waals surface area contributed by atoms with Crippen LogP contribution in [0.2, 0.25) is 0 Å². The van der Waals surface area contributed by atoms with Gasteiger partial charge in [0.15, 0.2) is 0 Å². The summed E-state index contributed by atoms with van der Waals surface area (Å²) < 4.78 is 145. The van der Waals surface area contributed by atoms with Gasteiger partial charge in [0.1, 0.15) is 46.7 Å². The Hall–Kier alpha value is -4.46. The van der Waals surface area contributed by atoms with Crippen LogP contribution < -0.4 is 4.74 Å². The number of halogens is 10. The minimum Gasteiger partial charge on any atom is -0.429 e. The number of benzene rings is 3. The topological polar surface area (TPSA) is 9.23 Å². The zero-order valence-electron chi connectivity index (χ0n) is 21.9. The van der Waals surface area contributed by atoms with E-state index in [4.69, 9.17) is 0 Å². The predicted molar refractivity (Wildman–Crippen MR) is 140 cm³/mol. The summed E-state index contributed by atoms with van der Waals surface area (Å²) in [6.45, 7) is 3.64. The molecule has 0 bridgehead atoms. The number of allylic oxidation sites excluding steroid dienone is 5. The molecule has 0 aromatic heterocycles. The van der Waals surface area contributed by atoms with Crippen LogP contribution >= 0.6 is 0 Å². The third kappa shape index (κ3) is 7.31. The van der Waals surface area contributed by atoms with E-state index in [0.29, 0.717) is 42.0 Å². The summed E-state index contributed by atoms with van der Waals surface area (Å²) in [5, 5.41) is 0. The van der Waals surface area contributed by atoms with Crippen molar-refractivity contribution in [3.05, 3.63) is 131 Å². The number of aryl methyl sites for hydroxylation is 1. The Morgan fingerprint density at radius 3 is 2.00 bits per heavy atom. The van der Waals surface area contributed by atoms with Crippen molar-refractivity contribution in [3.63, 3.8) is 0 Å². The van der Waals surface area contributed by atoms with Crippen LogP contribution in [0, 0.1) is 35.2 Å². The maximum atomic E-state index is 14.8. The van der Waals surface area contributed by atoms with E-state index in [1.54, 1.807) is 18.2 Å². The molecule has 0 saturated heterocycles. The standard InChI is InChI=1S/C32H20F10O/c1-2-3-4-18-5-7-19(8-6-18)9-10-20-13-25(34)30(26(35)14-20)32(41,42)43-22-11-12-23(24(33)17-22)21-15-27(36)29(28(37)16-21)31(38,39)40/h2,5-8,11-17,27,29H,1,3-4H2. The third-order valence-electron chi connectivity index (χ3n) is 6.37. The molecule has 4 rings (SSSR count). The quantitative estimate of drug-likeness (QED) is 0.147. The van der Waals surface area contributed by atoms with Crippen molar-refractivity contribution in [1.82, 2.24) is 0 Å². The lowest BCUT2D eigenvalue weighted by Crippen LogP contribution is -2.33. The number of ether oxygens (including phenoxy) is 1. The van der Waals surface area contributed by atoms with Crippen LogP contribution in [0.3, 0.4) is 0 Å². The van der Waals surface area contributed by atoms with Crippen LogP contribution in [0.25, 0.3) is 5.57 Å². The third-order valence-corrected chi connectivity index (χ3v) is 6.37. The minimum absolute atomic E-state index is 0.249. The molecule has 1 aliphatic carbocycles. The molecule has 2 atom stereocenters. The van der Waals surface area contributed by atoms with Gasteiger partial charge in [-0.15, -0.1) is 6.58 Å². The van der Waals surface area contributed by atoms with E-state index < -0.39 is 70.1 Å². The van der Waals surface area contributed by atoms with Crippen LogP contribution in [-0.2, 0) is 12.5 Å². The minimum atomic E-state index is -5.24. The van der Waals surface area contributed by atoms with E-state index in [2.05, 4.69) is 23.2 Å². The fourth-order valence-electron chi connectivity index (χ4n) is 4.29. The zero-order valence-corrected chi connectivity index (χ0v) is 21.9. The molecular formula is C32H20F10O. The van der Waals surface area contributed by atoms with E-state index in [-0.39, 0.29) is 11.6 Å². The van der Waals surface area contributed by atoms with Gasteiger partial charge in [0.25, 0.3) is 0 Å². The lowest BCUT2D eigenvalue weighted by atomic mass is 9.90. The van der Waals surface area contributed by atoms with Gasteiger partial charge < -0.3 is 4.74 Å². The Morgan fingerprint density at radius 2 is 1.44 bits per heavy atom. The molecule has 0 radical (unpaired) electrons. The SMILES string of the molecule is C=CCCc1ccc(C#Cc2cc(F)c(C(F)(F)Oc3ccc(C4=CC(F)C(C(F)(F)F)C(F)=C4)c(F)c3)c(F)c2)cc1. The summed E-state index contributed by atoms with van der Waals surface area (Å²) in [4.78, 5) is 0. The van der Waals surface area contributed by atoms with Crippen LogP contribution in [-0.4, -0.2) is 12.3 Å². The molecule has 0 N–H and O–H groups in total. The Morgan fingerprint density at radius 1 is 0.814 bits per heavy atom. The monoisotopic (exact) mass is 610 g/mol. The van der Waals surface area contributed by atoms with Crippen molar-refractivity contribution in [1.29, 1.82) is 0 Å². The summed E-state index contributed by atoms with van der Waals surface area (Å²) in [6.07, 6.45) is -8.85. The summed E-state index contributed by atoms with van der Waals surface area (Å²) in [7, 11) is 0. The highest BCUT2D eigenvalue weighted by Gasteiger charge is 2.49. The molecule has 0 saturated carbocycles. The Bertz CT molecular complexity index is 1620. The van der Waals surface area contributed by atoms with Gasteiger partial charge in [-0.2, -0.15) is 22.0 Å². The highest BCUT2D eigenvalue weighted by atomic mass is 19.4. The second-order valence-electron chi connectivity index (χ2n) is 9.46. The summed E-state index contributed by atoms with van der Waals surface area (Å²) >= 11 is 0. The van der Waals surface area contributed by atoms with Crippen LogP contribution in [0.1, 0.15) is 34.2 Å². The maximum Gasteiger partial charge on any atom is 0.432 e. The molecule has 3 aromatic carbocycles. The van der Waals surface area contributed by atoms with Crippen LogP contribution in [0.15, 0.2) is 85.2 Å². The number of hydrogen-bond donors (Lipinski definition) is 0. The van der Waals surface area contributed by atoms with Crippen molar-refractivity contribution in [2.45, 2.75) is 31.3 Å². The Kier molecular flexibility index (Phi) is 9.09. The van der Waals surface area contributed by atoms with Crippen molar-refractivity contribution >= 4 is 5.57 Å². The van der Waals surface area contributed by atoms with Crippen LogP contribution in [0.4, 0.5) is 43.9 Å². The molecule has 0 fully saturated rings. The van der Waals surface area contributed by atoms with Crippen molar-refractivity contribution in [2.24, 2.45) is 5.92 Å². The van der Waals surface area contributed by atoms with E-state index >= 15 is 0 Å². The van der Waals surface area contributed by atoms with E-state index in [1.165, 1.54) is 0 Å². The maximum absolute atomic E-state index is 14.8. The largest absolute Gasteiger partial charge is 0.432 e. The first kappa shape index (κ1) is 31.5. The average molecular weight is 610 g/mol. The molecule has 0 spiro atoms. The predicted octanol–water partition coefficient (Wildman–Crippen LogP) is 9.52. The molecule has 224 valence electrons. The zero-order chi connectivity index (χ0) is 31.5. The molecule has 2 unspecified atom stereocenters. The summed E-state index contributed by atoms with van der Waals surface area (Å²) in [5.41, 5.74) is -1.74. The van der Waals surface area contributed by atoms with E-state index in [0.717, 1.165) is 18.4 Å². The first-order valence-electron chi connectivity index (χ1n) is 12.6. The summed E-state index contributed by atoms with van der Waals surface area (Å²) in [6, 6.07) is 9.88. The Balaban J connectivity index is 1.53. The fraction of sp³-hybridized carbons (Fsp3) is 0.188. The number of rotatable bonds is 7. The summed E-state index contributed by atoms with van der Waals surface area (Å²) in [5.74, 6) is -5.55. The highest BCUT2D eigenvalue weighted by Crippen LogP contribution is 2.43. The second kappa shape index (κ2) is 12.4. The highest BCUT2D eigenvalue weighted by molar-refractivity contribution is 5.77. The smallest absolute Gasteiger partial charge is 0.429 e. The molecule has 43 heavy (non-hydrogen) atoms. The second-order valence-corrected chi connectivity index (χ2v) is 9.46. The molecule has 0 heterocycles.